The van der Waals surface area contributed by atoms with Crippen molar-refractivity contribution in [1.82, 2.24) is 0 Å². The van der Waals surface area contributed by atoms with Crippen molar-refractivity contribution in [1.29, 1.82) is 0 Å². The van der Waals surface area contributed by atoms with Gasteiger partial charge in [-0.1, -0.05) is 31.2 Å². The molecule has 0 amide bonds. The molecule has 0 spiro atoms. The molecule has 0 radical (unpaired) electrons. The van der Waals surface area contributed by atoms with Crippen molar-refractivity contribution in [3.05, 3.63) is 59.2 Å². The standard InChI is InChI=1S/C17H21NO/c1-4-13-7-10-17(19-3)15(11-13)12-14-5-8-16(18-2)9-6-14/h5-11,18H,4,12H2,1-3H3. The average molecular weight is 255 g/mol. The highest BCUT2D eigenvalue weighted by Crippen LogP contribution is 2.23. The van der Waals surface area contributed by atoms with Gasteiger partial charge in [-0.15, -0.1) is 0 Å². The number of anilines is 1. The van der Waals surface area contributed by atoms with Crippen LogP contribution in [0.15, 0.2) is 42.5 Å². The van der Waals surface area contributed by atoms with Gasteiger partial charge in [0.05, 0.1) is 7.11 Å². The van der Waals surface area contributed by atoms with Crippen LogP contribution in [0.25, 0.3) is 0 Å². The monoisotopic (exact) mass is 255 g/mol. The molecular weight excluding hydrogens is 234 g/mol. The fraction of sp³-hybridized carbons (Fsp3) is 0.294. The molecule has 0 unspecified atom stereocenters. The van der Waals surface area contributed by atoms with Crippen LogP contribution < -0.4 is 10.1 Å². The van der Waals surface area contributed by atoms with Gasteiger partial charge in [-0.3, -0.25) is 0 Å². The third-order valence-corrected chi connectivity index (χ3v) is 3.39. The van der Waals surface area contributed by atoms with E-state index in [1.807, 2.05) is 7.05 Å². The lowest BCUT2D eigenvalue weighted by atomic mass is 10.0. The molecule has 0 aliphatic carbocycles. The van der Waals surface area contributed by atoms with Gasteiger partial charge in [0.15, 0.2) is 0 Å². The second kappa shape index (κ2) is 6.28. The van der Waals surface area contributed by atoms with Gasteiger partial charge in [-0.05, 0) is 41.3 Å². The number of rotatable bonds is 5. The van der Waals surface area contributed by atoms with Crippen LogP contribution in [0.2, 0.25) is 0 Å². The molecule has 19 heavy (non-hydrogen) atoms. The topological polar surface area (TPSA) is 21.3 Å². The van der Waals surface area contributed by atoms with Crippen LogP contribution in [0.3, 0.4) is 0 Å². The first kappa shape index (κ1) is 13.5. The number of hydrogen-bond acceptors (Lipinski definition) is 2. The molecule has 2 aromatic carbocycles. The summed E-state index contributed by atoms with van der Waals surface area (Å²) in [5, 5.41) is 3.13. The Morgan fingerprint density at radius 1 is 1.00 bits per heavy atom. The lowest BCUT2D eigenvalue weighted by Crippen LogP contribution is -1.96. The van der Waals surface area contributed by atoms with Crippen LogP contribution >= 0.6 is 0 Å². The maximum absolute atomic E-state index is 5.45. The average Bonchev–Trinajstić information content (AvgIpc) is 2.48. The van der Waals surface area contributed by atoms with E-state index in [-0.39, 0.29) is 0 Å². The highest BCUT2D eigenvalue weighted by Gasteiger charge is 2.05. The van der Waals surface area contributed by atoms with E-state index in [4.69, 9.17) is 4.74 Å². The van der Waals surface area contributed by atoms with E-state index in [0.29, 0.717) is 0 Å². The molecule has 0 atom stereocenters. The van der Waals surface area contributed by atoms with E-state index < -0.39 is 0 Å². The van der Waals surface area contributed by atoms with E-state index in [0.717, 1.165) is 24.3 Å². The quantitative estimate of drug-likeness (QED) is 0.875. The minimum Gasteiger partial charge on any atom is -0.496 e. The van der Waals surface area contributed by atoms with E-state index in [1.54, 1.807) is 7.11 Å². The van der Waals surface area contributed by atoms with Gasteiger partial charge in [-0.25, -0.2) is 0 Å². The molecule has 1 N–H and O–H groups in total. The zero-order valence-corrected chi connectivity index (χ0v) is 11.9. The Labute approximate surface area is 115 Å². The third kappa shape index (κ3) is 3.28. The molecule has 0 aromatic heterocycles. The molecule has 100 valence electrons. The Hall–Kier alpha value is -1.96. The molecule has 0 bridgehead atoms. The van der Waals surface area contributed by atoms with Crippen LogP contribution in [-0.4, -0.2) is 14.2 Å². The molecule has 0 fully saturated rings. The number of hydrogen-bond donors (Lipinski definition) is 1. The summed E-state index contributed by atoms with van der Waals surface area (Å²) in [6.07, 6.45) is 1.96. The predicted molar refractivity (Wildman–Crippen MR) is 81.2 cm³/mol. The SMILES string of the molecule is CCc1ccc(OC)c(Cc2ccc(NC)cc2)c1. The van der Waals surface area contributed by atoms with Crippen molar-refractivity contribution in [2.45, 2.75) is 19.8 Å². The maximum atomic E-state index is 5.45. The van der Waals surface area contributed by atoms with Crippen LogP contribution in [0.5, 0.6) is 5.75 Å². The minimum atomic E-state index is 0.904. The second-order valence-corrected chi connectivity index (χ2v) is 4.62. The molecule has 2 heteroatoms. The normalized spacial score (nSPS) is 10.3. The summed E-state index contributed by atoms with van der Waals surface area (Å²) in [6, 6.07) is 15.0. The zero-order valence-electron chi connectivity index (χ0n) is 11.9. The lowest BCUT2D eigenvalue weighted by Gasteiger charge is -2.11. The molecule has 0 aliphatic rings. The molecule has 2 aromatic rings. The Kier molecular flexibility index (Phi) is 4.45. The van der Waals surface area contributed by atoms with Crippen LogP contribution in [0.4, 0.5) is 5.69 Å². The summed E-state index contributed by atoms with van der Waals surface area (Å²) < 4.78 is 5.45. The molecule has 0 heterocycles. The first-order chi connectivity index (χ1) is 9.26. The van der Waals surface area contributed by atoms with Crippen molar-refractivity contribution >= 4 is 5.69 Å². The number of nitrogens with one attached hydrogen (secondary N) is 1. The van der Waals surface area contributed by atoms with Crippen LogP contribution in [0, 0.1) is 0 Å². The Morgan fingerprint density at radius 2 is 1.68 bits per heavy atom. The molecule has 0 saturated heterocycles. The van der Waals surface area contributed by atoms with Crippen LogP contribution in [-0.2, 0) is 12.8 Å². The van der Waals surface area contributed by atoms with E-state index in [9.17, 15) is 0 Å². The highest BCUT2D eigenvalue weighted by molar-refractivity contribution is 5.46. The second-order valence-electron chi connectivity index (χ2n) is 4.62. The maximum Gasteiger partial charge on any atom is 0.122 e. The smallest absolute Gasteiger partial charge is 0.122 e. The summed E-state index contributed by atoms with van der Waals surface area (Å²) in [5.41, 5.74) is 5.03. The number of methoxy groups -OCH3 is 1. The van der Waals surface area contributed by atoms with Crippen molar-refractivity contribution in [2.75, 3.05) is 19.5 Å². The summed E-state index contributed by atoms with van der Waals surface area (Å²) in [7, 11) is 3.66. The molecule has 0 aliphatic heterocycles. The fourth-order valence-corrected chi connectivity index (χ4v) is 2.20. The van der Waals surface area contributed by atoms with E-state index >= 15 is 0 Å². The summed E-state index contributed by atoms with van der Waals surface area (Å²) >= 11 is 0. The number of aryl methyl sites for hydroxylation is 1. The van der Waals surface area contributed by atoms with Crippen molar-refractivity contribution in [2.24, 2.45) is 0 Å². The molecule has 0 saturated carbocycles. The Bertz CT molecular complexity index is 531. The van der Waals surface area contributed by atoms with Gasteiger partial charge < -0.3 is 10.1 Å². The third-order valence-electron chi connectivity index (χ3n) is 3.39. The summed E-state index contributed by atoms with van der Waals surface area (Å²) in [5.74, 6) is 0.967. The highest BCUT2D eigenvalue weighted by atomic mass is 16.5. The largest absolute Gasteiger partial charge is 0.496 e. The number of benzene rings is 2. The first-order valence-corrected chi connectivity index (χ1v) is 6.69. The molecule has 2 nitrogen and oxygen atoms in total. The fourth-order valence-electron chi connectivity index (χ4n) is 2.20. The Balaban J connectivity index is 2.25. The first-order valence-electron chi connectivity index (χ1n) is 6.69. The number of ether oxygens (including phenoxy) is 1. The molecule has 2 rings (SSSR count). The minimum absolute atomic E-state index is 0.904. The summed E-state index contributed by atoms with van der Waals surface area (Å²) in [6.45, 7) is 2.17. The van der Waals surface area contributed by atoms with Crippen molar-refractivity contribution in [3.63, 3.8) is 0 Å². The van der Waals surface area contributed by atoms with E-state index in [2.05, 4.69) is 54.7 Å². The van der Waals surface area contributed by atoms with Crippen molar-refractivity contribution in [3.8, 4) is 5.75 Å². The van der Waals surface area contributed by atoms with Crippen molar-refractivity contribution < 1.29 is 4.74 Å². The van der Waals surface area contributed by atoms with Gasteiger partial charge in [0.2, 0.25) is 0 Å². The molecular formula is C17H21NO. The zero-order chi connectivity index (χ0) is 13.7. The van der Waals surface area contributed by atoms with Gasteiger partial charge in [-0.2, -0.15) is 0 Å². The summed E-state index contributed by atoms with van der Waals surface area (Å²) in [4.78, 5) is 0. The van der Waals surface area contributed by atoms with Gasteiger partial charge >= 0.3 is 0 Å². The predicted octanol–water partition coefficient (Wildman–Crippen LogP) is 3.89. The van der Waals surface area contributed by atoms with Gasteiger partial charge in [0.25, 0.3) is 0 Å². The van der Waals surface area contributed by atoms with Gasteiger partial charge in [0.1, 0.15) is 5.75 Å². The Morgan fingerprint density at radius 3 is 2.26 bits per heavy atom. The van der Waals surface area contributed by atoms with Gasteiger partial charge in [0, 0.05) is 19.2 Å². The lowest BCUT2D eigenvalue weighted by molar-refractivity contribution is 0.410. The van der Waals surface area contributed by atoms with Crippen LogP contribution in [0.1, 0.15) is 23.6 Å². The van der Waals surface area contributed by atoms with E-state index in [1.165, 1.54) is 16.7 Å².